The summed E-state index contributed by atoms with van der Waals surface area (Å²) in [6, 6.07) is 1.48. The van der Waals surface area contributed by atoms with E-state index in [4.69, 9.17) is 4.74 Å². The van der Waals surface area contributed by atoms with Gasteiger partial charge in [-0.25, -0.2) is 4.98 Å². The number of esters is 1. The number of aromatic amines is 1. The number of carbonyl (C=O) groups is 1. The molecule has 1 aromatic rings. The summed E-state index contributed by atoms with van der Waals surface area (Å²) >= 11 is 0. The zero-order valence-electron chi connectivity index (χ0n) is 12.3. The first-order valence-corrected chi connectivity index (χ1v) is 6.86. The molecule has 0 amide bonds. The van der Waals surface area contributed by atoms with Crippen LogP contribution in [0.25, 0.3) is 0 Å². The van der Waals surface area contributed by atoms with Gasteiger partial charge in [-0.15, -0.1) is 0 Å². The number of hydrogen-bond donors (Lipinski definition) is 1. The van der Waals surface area contributed by atoms with E-state index >= 15 is 0 Å². The number of ether oxygens (including phenoxy) is 1. The first-order chi connectivity index (χ1) is 9.42. The topological polar surface area (TPSA) is 75.3 Å². The molecule has 0 bridgehead atoms. The van der Waals surface area contributed by atoms with Gasteiger partial charge in [0.1, 0.15) is 11.6 Å². The Balaban J connectivity index is 2.25. The molecule has 0 aliphatic carbocycles. The fourth-order valence-corrected chi connectivity index (χ4v) is 2.51. The summed E-state index contributed by atoms with van der Waals surface area (Å²) in [4.78, 5) is 32.6. The standard InChI is InChI=1S/C14H21N3O3/c1-8(2)13-15-11(5-12(18)16-13)17-6-9(3)10(7-17)14(19)20-4/h5,8-10H,6-7H2,1-4H3,(H,15,16,18). The fraction of sp³-hybridized carbons (Fsp3) is 0.643. The maximum atomic E-state index is 11.7. The third kappa shape index (κ3) is 2.84. The highest BCUT2D eigenvalue weighted by Crippen LogP contribution is 2.27. The summed E-state index contributed by atoms with van der Waals surface area (Å²) in [7, 11) is 1.40. The molecule has 2 atom stereocenters. The number of rotatable bonds is 3. The predicted molar refractivity (Wildman–Crippen MR) is 75.8 cm³/mol. The molecule has 1 N–H and O–H groups in total. The van der Waals surface area contributed by atoms with E-state index in [-0.39, 0.29) is 29.3 Å². The molecular formula is C14H21N3O3. The van der Waals surface area contributed by atoms with Gasteiger partial charge in [0.2, 0.25) is 0 Å². The van der Waals surface area contributed by atoms with Gasteiger partial charge >= 0.3 is 5.97 Å². The Kier molecular flexibility index (Phi) is 4.11. The van der Waals surface area contributed by atoms with Gasteiger partial charge in [-0.3, -0.25) is 9.59 Å². The van der Waals surface area contributed by atoms with Crippen LogP contribution in [0.15, 0.2) is 10.9 Å². The molecule has 2 heterocycles. The first-order valence-electron chi connectivity index (χ1n) is 6.86. The van der Waals surface area contributed by atoms with Crippen molar-refractivity contribution >= 4 is 11.8 Å². The summed E-state index contributed by atoms with van der Waals surface area (Å²) < 4.78 is 4.82. The van der Waals surface area contributed by atoms with Gasteiger partial charge in [0, 0.05) is 25.1 Å². The highest BCUT2D eigenvalue weighted by atomic mass is 16.5. The van der Waals surface area contributed by atoms with Gasteiger partial charge in [0.25, 0.3) is 5.56 Å². The predicted octanol–water partition coefficient (Wildman–Crippen LogP) is 1.14. The second-order valence-electron chi connectivity index (χ2n) is 5.66. The third-order valence-electron chi connectivity index (χ3n) is 3.73. The van der Waals surface area contributed by atoms with Crippen molar-refractivity contribution in [2.24, 2.45) is 11.8 Å². The zero-order chi connectivity index (χ0) is 14.9. The number of carbonyl (C=O) groups excluding carboxylic acids is 1. The minimum absolute atomic E-state index is 0.152. The molecule has 6 heteroatoms. The monoisotopic (exact) mass is 279 g/mol. The number of anilines is 1. The summed E-state index contributed by atoms with van der Waals surface area (Å²) in [5.74, 6) is 1.28. The summed E-state index contributed by atoms with van der Waals surface area (Å²) in [6.45, 7) is 7.21. The molecule has 1 aliphatic rings. The highest BCUT2D eigenvalue weighted by molar-refractivity contribution is 5.74. The van der Waals surface area contributed by atoms with Crippen molar-refractivity contribution in [1.82, 2.24) is 9.97 Å². The smallest absolute Gasteiger partial charge is 0.310 e. The Morgan fingerprint density at radius 2 is 2.20 bits per heavy atom. The fourth-order valence-electron chi connectivity index (χ4n) is 2.51. The van der Waals surface area contributed by atoms with Crippen molar-refractivity contribution in [3.05, 3.63) is 22.2 Å². The zero-order valence-corrected chi connectivity index (χ0v) is 12.3. The Morgan fingerprint density at radius 1 is 1.50 bits per heavy atom. The van der Waals surface area contributed by atoms with Crippen molar-refractivity contribution in [3.8, 4) is 0 Å². The van der Waals surface area contributed by atoms with E-state index in [0.717, 1.165) is 0 Å². The van der Waals surface area contributed by atoms with Crippen LogP contribution in [0.1, 0.15) is 32.5 Å². The highest BCUT2D eigenvalue weighted by Gasteiger charge is 2.36. The van der Waals surface area contributed by atoms with E-state index < -0.39 is 0 Å². The number of aromatic nitrogens is 2. The molecule has 0 radical (unpaired) electrons. The van der Waals surface area contributed by atoms with Crippen molar-refractivity contribution in [1.29, 1.82) is 0 Å². The van der Waals surface area contributed by atoms with E-state index in [1.165, 1.54) is 13.2 Å². The average Bonchev–Trinajstić information content (AvgIpc) is 2.79. The van der Waals surface area contributed by atoms with Crippen LogP contribution in [-0.2, 0) is 9.53 Å². The summed E-state index contributed by atoms with van der Waals surface area (Å²) in [6.07, 6.45) is 0. The van der Waals surface area contributed by atoms with Crippen molar-refractivity contribution in [2.45, 2.75) is 26.7 Å². The van der Waals surface area contributed by atoms with E-state index in [9.17, 15) is 9.59 Å². The molecule has 1 fully saturated rings. The normalized spacial score (nSPS) is 22.4. The second kappa shape index (κ2) is 5.64. The summed E-state index contributed by atoms with van der Waals surface area (Å²) in [5, 5.41) is 0. The minimum Gasteiger partial charge on any atom is -0.469 e. The molecule has 1 saturated heterocycles. The van der Waals surface area contributed by atoms with Gasteiger partial charge in [0.15, 0.2) is 0 Å². The molecule has 20 heavy (non-hydrogen) atoms. The van der Waals surface area contributed by atoms with Crippen LogP contribution in [0.5, 0.6) is 0 Å². The van der Waals surface area contributed by atoms with Crippen LogP contribution in [0, 0.1) is 11.8 Å². The van der Waals surface area contributed by atoms with Crippen molar-refractivity contribution < 1.29 is 9.53 Å². The van der Waals surface area contributed by atoms with E-state index in [1.54, 1.807) is 0 Å². The molecule has 0 aromatic carbocycles. The number of nitrogens with one attached hydrogen (secondary N) is 1. The van der Waals surface area contributed by atoms with Crippen molar-refractivity contribution in [2.75, 3.05) is 25.1 Å². The van der Waals surface area contributed by atoms with Crippen LogP contribution >= 0.6 is 0 Å². The van der Waals surface area contributed by atoms with Crippen molar-refractivity contribution in [3.63, 3.8) is 0 Å². The Bertz CT molecular complexity index is 553. The molecule has 0 saturated carbocycles. The number of nitrogens with zero attached hydrogens (tertiary/aromatic N) is 2. The molecule has 1 aromatic heterocycles. The molecular weight excluding hydrogens is 258 g/mol. The third-order valence-corrected chi connectivity index (χ3v) is 3.73. The Morgan fingerprint density at radius 3 is 2.80 bits per heavy atom. The maximum absolute atomic E-state index is 11.7. The van der Waals surface area contributed by atoms with E-state index in [0.29, 0.717) is 24.7 Å². The van der Waals surface area contributed by atoms with E-state index in [1.807, 2.05) is 25.7 Å². The van der Waals surface area contributed by atoms with Gasteiger partial charge in [-0.2, -0.15) is 0 Å². The van der Waals surface area contributed by atoms with E-state index in [2.05, 4.69) is 9.97 Å². The number of hydrogen-bond acceptors (Lipinski definition) is 5. The lowest BCUT2D eigenvalue weighted by molar-refractivity contribution is -0.145. The van der Waals surface area contributed by atoms with Crippen LogP contribution in [0.2, 0.25) is 0 Å². The molecule has 1 aliphatic heterocycles. The molecule has 2 rings (SSSR count). The van der Waals surface area contributed by atoms with Crippen LogP contribution in [-0.4, -0.2) is 36.1 Å². The van der Waals surface area contributed by atoms with Gasteiger partial charge in [-0.1, -0.05) is 20.8 Å². The first kappa shape index (κ1) is 14.6. The Labute approximate surface area is 118 Å². The second-order valence-corrected chi connectivity index (χ2v) is 5.66. The Hall–Kier alpha value is -1.85. The molecule has 110 valence electrons. The lowest BCUT2D eigenvalue weighted by Gasteiger charge is -2.18. The SMILES string of the molecule is COC(=O)C1CN(c2cc(=O)[nH]c(C(C)C)n2)CC1C. The van der Waals surface area contributed by atoms with Crippen LogP contribution < -0.4 is 10.5 Å². The van der Waals surface area contributed by atoms with Gasteiger partial charge in [-0.05, 0) is 5.92 Å². The lowest BCUT2D eigenvalue weighted by atomic mass is 9.99. The maximum Gasteiger partial charge on any atom is 0.310 e. The largest absolute Gasteiger partial charge is 0.469 e. The number of methoxy groups -OCH3 is 1. The van der Waals surface area contributed by atoms with Gasteiger partial charge < -0.3 is 14.6 Å². The van der Waals surface area contributed by atoms with Crippen LogP contribution in [0.3, 0.4) is 0 Å². The number of H-pyrrole nitrogens is 1. The summed E-state index contributed by atoms with van der Waals surface area (Å²) in [5.41, 5.74) is -0.159. The molecule has 6 nitrogen and oxygen atoms in total. The average molecular weight is 279 g/mol. The lowest BCUT2D eigenvalue weighted by Crippen LogP contribution is -2.26. The molecule has 0 spiro atoms. The van der Waals surface area contributed by atoms with Gasteiger partial charge in [0.05, 0.1) is 13.0 Å². The minimum atomic E-state index is -0.200. The van der Waals surface area contributed by atoms with Crippen LogP contribution in [0.4, 0.5) is 5.82 Å². The quantitative estimate of drug-likeness (QED) is 0.840. The molecule has 2 unspecified atom stereocenters.